The molecule has 0 unspecified atom stereocenters. The lowest BCUT2D eigenvalue weighted by Gasteiger charge is -2.04. The molecule has 2 rings (SSSR count). The van der Waals surface area contributed by atoms with Gasteiger partial charge in [0.1, 0.15) is 6.34 Å². The first-order valence-corrected chi connectivity index (χ1v) is 6.05. The van der Waals surface area contributed by atoms with E-state index in [2.05, 4.69) is 36.2 Å². The number of rotatable bonds is 3. The van der Waals surface area contributed by atoms with Gasteiger partial charge in [-0.25, -0.2) is 9.98 Å². The normalized spacial score (nSPS) is 10.5. The molecular weight excluding hydrogens is 318 g/mol. The van der Waals surface area contributed by atoms with E-state index in [0.717, 1.165) is 15.7 Å². The molecule has 0 bridgehead atoms. The van der Waals surface area contributed by atoms with Crippen molar-refractivity contribution in [2.75, 3.05) is 0 Å². The number of imidazole rings is 1. The Kier molecular flexibility index (Phi) is 3.97. The van der Waals surface area contributed by atoms with Crippen LogP contribution >= 0.6 is 27.5 Å². The molecule has 90 valence electrons. The molecule has 2 N–H and O–H groups in total. The molecule has 0 aliphatic rings. The first-order chi connectivity index (χ1) is 8.72. The number of hydrogen-bond donors (Lipinski definition) is 2. The van der Waals surface area contributed by atoms with E-state index in [1.54, 1.807) is 24.8 Å². The van der Waals surface area contributed by atoms with Crippen molar-refractivity contribution in [1.82, 2.24) is 15.3 Å². The average molecular weight is 325 g/mol. The largest absolute Gasteiger partial charge is 0.351 e. The molecule has 0 spiro atoms. The van der Waals surface area contributed by atoms with E-state index in [1.165, 1.54) is 6.34 Å². The van der Waals surface area contributed by atoms with Crippen LogP contribution in [0.25, 0.3) is 11.3 Å². The maximum atomic E-state index is 8.34. The number of aromatic nitrogens is 2. The summed E-state index contributed by atoms with van der Waals surface area (Å²) in [4.78, 5) is 11.1. The lowest BCUT2D eigenvalue weighted by Crippen LogP contribution is -1.99. The van der Waals surface area contributed by atoms with Gasteiger partial charge in [-0.2, -0.15) is 5.26 Å². The summed E-state index contributed by atoms with van der Waals surface area (Å²) in [5.74, 6) is 0. The number of halogens is 2. The van der Waals surface area contributed by atoms with E-state index in [-0.39, 0.29) is 0 Å². The molecule has 1 aromatic carbocycles. The predicted molar refractivity (Wildman–Crippen MR) is 73.6 cm³/mol. The van der Waals surface area contributed by atoms with Gasteiger partial charge < -0.3 is 4.98 Å². The van der Waals surface area contributed by atoms with Crippen LogP contribution in [0.1, 0.15) is 0 Å². The van der Waals surface area contributed by atoms with E-state index < -0.39 is 0 Å². The summed E-state index contributed by atoms with van der Waals surface area (Å²) in [7, 11) is 0. The molecular formula is C11H7BrClN5. The van der Waals surface area contributed by atoms with Gasteiger partial charge in [-0.15, -0.1) is 0 Å². The molecule has 2 aromatic rings. The second kappa shape index (κ2) is 5.67. The number of aromatic amines is 1. The molecule has 0 atom stereocenters. The summed E-state index contributed by atoms with van der Waals surface area (Å²) in [6.45, 7) is 0. The van der Waals surface area contributed by atoms with Crippen molar-refractivity contribution in [1.29, 1.82) is 5.26 Å². The summed E-state index contributed by atoms with van der Waals surface area (Å²) in [5.41, 5.74) is 2.22. The SMILES string of the molecule is N#CNC=Nc1c(Cl)cc(-c2c[nH]cn2)cc1Br. The lowest BCUT2D eigenvalue weighted by atomic mass is 10.1. The van der Waals surface area contributed by atoms with Gasteiger partial charge in [0, 0.05) is 16.2 Å². The van der Waals surface area contributed by atoms with Crippen molar-refractivity contribution in [2.24, 2.45) is 4.99 Å². The average Bonchev–Trinajstić information content (AvgIpc) is 2.86. The van der Waals surface area contributed by atoms with E-state index in [4.69, 9.17) is 16.9 Å². The van der Waals surface area contributed by atoms with Crippen LogP contribution in [0.3, 0.4) is 0 Å². The highest BCUT2D eigenvalue weighted by Gasteiger charge is 2.09. The van der Waals surface area contributed by atoms with Gasteiger partial charge in [-0.1, -0.05) is 11.6 Å². The second-order valence-electron chi connectivity index (χ2n) is 3.26. The van der Waals surface area contributed by atoms with Crippen molar-refractivity contribution in [3.05, 3.63) is 34.2 Å². The van der Waals surface area contributed by atoms with Crippen LogP contribution in [0.4, 0.5) is 5.69 Å². The maximum absolute atomic E-state index is 8.34. The summed E-state index contributed by atoms with van der Waals surface area (Å²) in [5, 5.41) is 11.1. The van der Waals surface area contributed by atoms with Gasteiger partial charge in [0.25, 0.3) is 0 Å². The van der Waals surface area contributed by atoms with E-state index in [9.17, 15) is 0 Å². The third kappa shape index (κ3) is 2.70. The first kappa shape index (κ1) is 12.6. The fourth-order valence-corrected chi connectivity index (χ4v) is 2.33. The first-order valence-electron chi connectivity index (χ1n) is 4.87. The van der Waals surface area contributed by atoms with Crippen LogP contribution in [0.2, 0.25) is 5.02 Å². The van der Waals surface area contributed by atoms with Crippen LogP contribution in [0.15, 0.2) is 34.1 Å². The van der Waals surface area contributed by atoms with Gasteiger partial charge in [0.15, 0.2) is 6.19 Å². The fourth-order valence-electron chi connectivity index (χ4n) is 1.38. The van der Waals surface area contributed by atoms with Gasteiger partial charge in [0.05, 0.1) is 22.7 Å². The highest BCUT2D eigenvalue weighted by atomic mass is 79.9. The number of aliphatic imine (C=N–C) groups is 1. The Balaban J connectivity index is 2.39. The fraction of sp³-hybridized carbons (Fsp3) is 0. The minimum atomic E-state index is 0.471. The number of nitrogens with one attached hydrogen (secondary N) is 2. The zero-order chi connectivity index (χ0) is 13.0. The summed E-state index contributed by atoms with van der Waals surface area (Å²) in [6.07, 6.45) is 6.39. The van der Waals surface area contributed by atoms with Gasteiger partial charge in [-0.3, -0.25) is 5.32 Å². The number of nitriles is 1. The molecule has 0 fully saturated rings. The smallest absolute Gasteiger partial charge is 0.182 e. The Morgan fingerprint density at radius 3 is 3.00 bits per heavy atom. The number of hydrogen-bond acceptors (Lipinski definition) is 3. The van der Waals surface area contributed by atoms with Crippen LogP contribution in [-0.2, 0) is 0 Å². The molecule has 0 amide bonds. The van der Waals surface area contributed by atoms with Crippen molar-refractivity contribution in [2.45, 2.75) is 0 Å². The molecule has 5 nitrogen and oxygen atoms in total. The molecule has 0 aliphatic carbocycles. The standard InChI is InChI=1S/C11H7BrClN5/c12-8-1-7(10-3-15-5-17-10)2-9(13)11(8)18-6-16-4-14/h1-3,5-6H,(H,15,17)(H,16,18). The third-order valence-corrected chi connectivity index (χ3v) is 3.03. The molecule has 7 heteroatoms. The Bertz CT molecular complexity index is 592. The molecule has 0 aliphatic heterocycles. The summed E-state index contributed by atoms with van der Waals surface area (Å²) in [6, 6.07) is 3.63. The van der Waals surface area contributed by atoms with Gasteiger partial charge >= 0.3 is 0 Å². The van der Waals surface area contributed by atoms with Crippen LogP contribution in [0.5, 0.6) is 0 Å². The Hall–Kier alpha value is -1.84. The van der Waals surface area contributed by atoms with E-state index >= 15 is 0 Å². The minimum Gasteiger partial charge on any atom is -0.351 e. The Morgan fingerprint density at radius 1 is 1.56 bits per heavy atom. The van der Waals surface area contributed by atoms with Crippen LogP contribution in [-0.4, -0.2) is 16.3 Å². The quantitative estimate of drug-likeness (QED) is 0.394. The van der Waals surface area contributed by atoms with Crippen molar-refractivity contribution in [3.8, 4) is 17.5 Å². The summed E-state index contributed by atoms with van der Waals surface area (Å²) < 4.78 is 0.726. The molecule has 0 saturated heterocycles. The van der Waals surface area contributed by atoms with Crippen molar-refractivity contribution >= 4 is 39.6 Å². The monoisotopic (exact) mass is 323 g/mol. The van der Waals surface area contributed by atoms with Gasteiger partial charge in [-0.05, 0) is 28.1 Å². The molecule has 0 radical (unpaired) electrons. The van der Waals surface area contributed by atoms with Gasteiger partial charge in [0.2, 0.25) is 0 Å². The predicted octanol–water partition coefficient (Wildman–Crippen LogP) is 3.22. The topological polar surface area (TPSA) is 76.9 Å². The number of H-pyrrole nitrogens is 1. The third-order valence-electron chi connectivity index (χ3n) is 2.13. The molecule has 1 heterocycles. The second-order valence-corrected chi connectivity index (χ2v) is 4.52. The number of nitrogens with zero attached hydrogens (tertiary/aromatic N) is 3. The molecule has 1 aromatic heterocycles. The lowest BCUT2D eigenvalue weighted by molar-refractivity contribution is 1.29. The van der Waals surface area contributed by atoms with Crippen molar-refractivity contribution < 1.29 is 0 Å². The Labute approximate surface area is 117 Å². The van der Waals surface area contributed by atoms with Crippen LogP contribution in [0, 0.1) is 11.5 Å². The highest BCUT2D eigenvalue weighted by molar-refractivity contribution is 9.10. The van der Waals surface area contributed by atoms with Crippen LogP contribution < -0.4 is 5.32 Å². The summed E-state index contributed by atoms with van der Waals surface area (Å²) >= 11 is 9.53. The zero-order valence-corrected chi connectivity index (χ0v) is 11.3. The molecule has 0 saturated carbocycles. The maximum Gasteiger partial charge on any atom is 0.182 e. The zero-order valence-electron chi connectivity index (χ0n) is 8.98. The van der Waals surface area contributed by atoms with E-state index in [0.29, 0.717) is 10.7 Å². The van der Waals surface area contributed by atoms with E-state index in [1.807, 2.05) is 6.07 Å². The van der Waals surface area contributed by atoms with Crippen molar-refractivity contribution in [3.63, 3.8) is 0 Å². The molecule has 18 heavy (non-hydrogen) atoms. The Morgan fingerprint density at radius 2 is 2.39 bits per heavy atom. The number of benzene rings is 1. The highest BCUT2D eigenvalue weighted by Crippen LogP contribution is 2.37. The minimum absolute atomic E-state index is 0.471.